The van der Waals surface area contributed by atoms with Crippen molar-refractivity contribution in [2.45, 2.75) is 12.8 Å². The number of aromatic amines is 2. The third-order valence-electron chi connectivity index (χ3n) is 4.39. The van der Waals surface area contributed by atoms with Crippen LogP contribution in [0.5, 0.6) is 0 Å². The van der Waals surface area contributed by atoms with Crippen molar-refractivity contribution in [3.05, 3.63) is 45.5 Å². The third kappa shape index (κ3) is 2.49. The lowest BCUT2D eigenvalue weighted by molar-refractivity contribution is -0.0137. The predicted octanol–water partition coefficient (Wildman–Crippen LogP) is 0.864. The van der Waals surface area contributed by atoms with Crippen molar-refractivity contribution in [3.63, 3.8) is 0 Å². The van der Waals surface area contributed by atoms with Gasteiger partial charge in [0.15, 0.2) is 5.65 Å². The lowest BCUT2D eigenvalue weighted by Gasteiger charge is -2.19. The zero-order valence-electron chi connectivity index (χ0n) is 13.2. The molecule has 0 bridgehead atoms. The Bertz CT molecular complexity index is 1070. The normalized spacial score (nSPS) is 19.6. The van der Waals surface area contributed by atoms with E-state index in [1.807, 2.05) is 0 Å². The summed E-state index contributed by atoms with van der Waals surface area (Å²) >= 11 is 0. The Morgan fingerprint density at radius 3 is 2.84 bits per heavy atom. The summed E-state index contributed by atoms with van der Waals surface area (Å²) in [5.74, 6) is -3.60. The van der Waals surface area contributed by atoms with Gasteiger partial charge in [-0.3, -0.25) is 9.78 Å². The van der Waals surface area contributed by atoms with Crippen LogP contribution in [0.15, 0.2) is 34.2 Å². The van der Waals surface area contributed by atoms with Crippen LogP contribution in [-0.4, -0.2) is 43.6 Å². The van der Waals surface area contributed by atoms with Gasteiger partial charge >= 0.3 is 5.69 Å². The Hall–Kier alpha value is -3.04. The lowest BCUT2D eigenvalue weighted by atomic mass is 10.1. The number of anilines is 1. The minimum absolute atomic E-state index is 0.135. The molecule has 25 heavy (non-hydrogen) atoms. The van der Waals surface area contributed by atoms with Crippen LogP contribution in [0.25, 0.3) is 16.9 Å². The molecular formula is C15H14F2N6O2. The molecule has 10 heteroatoms. The SMILES string of the molecule is C[C@@H]1CN(c2cc(-c3c[nH]c(=O)[nH]c3=O)nn3ccnc23)CC1(F)F. The number of alkyl halides is 2. The molecule has 0 spiro atoms. The summed E-state index contributed by atoms with van der Waals surface area (Å²) in [5.41, 5.74) is 0.0305. The first kappa shape index (κ1) is 15.5. The Labute approximate surface area is 139 Å². The van der Waals surface area contributed by atoms with Crippen molar-refractivity contribution in [3.8, 4) is 11.3 Å². The molecule has 1 aliphatic heterocycles. The summed E-state index contributed by atoms with van der Waals surface area (Å²) in [6.07, 6.45) is 4.32. The van der Waals surface area contributed by atoms with E-state index in [-0.39, 0.29) is 17.8 Å². The van der Waals surface area contributed by atoms with Crippen molar-refractivity contribution >= 4 is 11.3 Å². The van der Waals surface area contributed by atoms with Crippen LogP contribution in [0, 0.1) is 5.92 Å². The van der Waals surface area contributed by atoms with Gasteiger partial charge in [0.2, 0.25) is 0 Å². The van der Waals surface area contributed by atoms with Gasteiger partial charge in [0, 0.05) is 31.1 Å². The van der Waals surface area contributed by atoms with Crippen molar-refractivity contribution < 1.29 is 8.78 Å². The fourth-order valence-corrected chi connectivity index (χ4v) is 2.99. The molecule has 0 amide bonds. The fourth-order valence-electron chi connectivity index (χ4n) is 2.99. The van der Waals surface area contributed by atoms with Crippen LogP contribution >= 0.6 is 0 Å². The first-order chi connectivity index (χ1) is 11.8. The fraction of sp³-hybridized carbons (Fsp3) is 0.333. The first-order valence-corrected chi connectivity index (χ1v) is 7.65. The number of H-pyrrole nitrogens is 2. The zero-order valence-corrected chi connectivity index (χ0v) is 13.2. The van der Waals surface area contributed by atoms with Crippen molar-refractivity contribution in [2.24, 2.45) is 5.92 Å². The molecule has 1 fully saturated rings. The number of hydrogen-bond donors (Lipinski definition) is 2. The topological polar surface area (TPSA) is 99.2 Å². The number of nitrogens with one attached hydrogen (secondary N) is 2. The summed E-state index contributed by atoms with van der Waals surface area (Å²) in [6, 6.07) is 1.54. The largest absolute Gasteiger partial charge is 0.362 e. The van der Waals surface area contributed by atoms with Crippen LogP contribution in [-0.2, 0) is 0 Å². The number of nitrogens with zero attached hydrogens (tertiary/aromatic N) is 4. The second kappa shape index (κ2) is 5.23. The summed E-state index contributed by atoms with van der Waals surface area (Å²) in [7, 11) is 0. The number of aromatic nitrogens is 5. The van der Waals surface area contributed by atoms with Crippen molar-refractivity contribution in [1.29, 1.82) is 0 Å². The number of fused-ring (bicyclic) bond motifs is 1. The molecular weight excluding hydrogens is 334 g/mol. The Morgan fingerprint density at radius 2 is 2.16 bits per heavy atom. The van der Waals surface area contributed by atoms with Gasteiger partial charge in [0.05, 0.1) is 17.8 Å². The quantitative estimate of drug-likeness (QED) is 0.716. The lowest BCUT2D eigenvalue weighted by Crippen LogP contribution is -2.27. The van der Waals surface area contributed by atoms with Gasteiger partial charge in [0.1, 0.15) is 5.69 Å². The molecule has 4 heterocycles. The van der Waals surface area contributed by atoms with Crippen LogP contribution < -0.4 is 16.1 Å². The van der Waals surface area contributed by atoms with E-state index in [4.69, 9.17) is 0 Å². The van der Waals surface area contributed by atoms with Crippen LogP contribution in [0.4, 0.5) is 14.5 Å². The minimum atomic E-state index is -2.80. The van der Waals surface area contributed by atoms with Gasteiger partial charge < -0.3 is 9.88 Å². The van der Waals surface area contributed by atoms with Crippen molar-refractivity contribution in [1.82, 2.24) is 24.6 Å². The molecule has 1 saturated heterocycles. The summed E-state index contributed by atoms with van der Waals surface area (Å²) in [5, 5.41) is 4.28. The smallest absolute Gasteiger partial charge is 0.325 e. The Morgan fingerprint density at radius 1 is 1.36 bits per heavy atom. The summed E-state index contributed by atoms with van der Waals surface area (Å²) < 4.78 is 29.3. The standard InChI is InChI=1S/C15H14F2N6O2/c1-8-6-22(7-15(8,16)17)11-4-10(21-23-3-2-18-12(11)23)9-5-19-14(25)20-13(9)24/h2-5,8H,6-7H2,1H3,(H2,19,20,24,25)/t8-/m1/s1. The van der Waals surface area contributed by atoms with Crippen LogP contribution in [0.1, 0.15) is 6.92 Å². The Kier molecular flexibility index (Phi) is 3.24. The van der Waals surface area contributed by atoms with Crippen molar-refractivity contribution in [2.75, 3.05) is 18.0 Å². The maximum absolute atomic E-state index is 14.0. The molecule has 4 rings (SSSR count). The third-order valence-corrected chi connectivity index (χ3v) is 4.39. The maximum atomic E-state index is 14.0. The monoisotopic (exact) mass is 348 g/mol. The molecule has 0 saturated carbocycles. The number of hydrogen-bond acceptors (Lipinski definition) is 5. The van der Waals surface area contributed by atoms with E-state index in [1.54, 1.807) is 12.3 Å². The van der Waals surface area contributed by atoms with Gasteiger partial charge in [-0.1, -0.05) is 6.92 Å². The molecule has 0 aromatic carbocycles. The molecule has 0 radical (unpaired) electrons. The van der Waals surface area contributed by atoms with Gasteiger partial charge in [0.25, 0.3) is 11.5 Å². The van der Waals surface area contributed by atoms with Crippen LogP contribution in [0.3, 0.4) is 0 Å². The summed E-state index contributed by atoms with van der Waals surface area (Å²) in [4.78, 5) is 33.4. The average Bonchev–Trinajstić information content (AvgIpc) is 3.11. The number of imidazole rings is 1. The van der Waals surface area contributed by atoms with E-state index < -0.39 is 29.6 Å². The number of halogens is 2. The predicted molar refractivity (Wildman–Crippen MR) is 86.0 cm³/mol. The van der Waals surface area contributed by atoms with E-state index >= 15 is 0 Å². The van der Waals surface area contributed by atoms with Gasteiger partial charge in [-0.05, 0) is 6.07 Å². The molecule has 1 atom stereocenters. The van der Waals surface area contributed by atoms with Gasteiger partial charge in [-0.25, -0.2) is 23.1 Å². The van der Waals surface area contributed by atoms with E-state index in [1.165, 1.54) is 28.7 Å². The van der Waals surface area contributed by atoms with E-state index in [9.17, 15) is 18.4 Å². The molecule has 0 aliphatic carbocycles. The second-order valence-electron chi connectivity index (χ2n) is 6.14. The van der Waals surface area contributed by atoms with E-state index in [0.29, 0.717) is 11.3 Å². The van der Waals surface area contributed by atoms with Gasteiger partial charge in [-0.2, -0.15) is 5.10 Å². The molecule has 3 aromatic heterocycles. The highest BCUT2D eigenvalue weighted by Gasteiger charge is 2.45. The Balaban J connectivity index is 1.89. The zero-order chi connectivity index (χ0) is 17.8. The molecule has 8 nitrogen and oxygen atoms in total. The molecule has 130 valence electrons. The van der Waals surface area contributed by atoms with Crippen LogP contribution in [0.2, 0.25) is 0 Å². The molecule has 3 aromatic rings. The highest BCUT2D eigenvalue weighted by atomic mass is 19.3. The molecule has 2 N–H and O–H groups in total. The highest BCUT2D eigenvalue weighted by Crippen LogP contribution is 2.37. The second-order valence-corrected chi connectivity index (χ2v) is 6.14. The van der Waals surface area contributed by atoms with E-state index in [0.717, 1.165) is 0 Å². The average molecular weight is 348 g/mol. The first-order valence-electron chi connectivity index (χ1n) is 7.65. The molecule has 0 unspecified atom stereocenters. The van der Waals surface area contributed by atoms with E-state index in [2.05, 4.69) is 20.1 Å². The van der Waals surface area contributed by atoms with Gasteiger partial charge in [-0.15, -0.1) is 0 Å². The minimum Gasteiger partial charge on any atom is -0.362 e. The molecule has 1 aliphatic rings. The number of rotatable bonds is 2. The summed E-state index contributed by atoms with van der Waals surface area (Å²) in [6.45, 7) is 1.24. The highest BCUT2D eigenvalue weighted by molar-refractivity contribution is 5.74. The maximum Gasteiger partial charge on any atom is 0.325 e.